The number of H-pyrrole nitrogens is 1. The largest absolute Gasteiger partial charge is 0.351 e. The molecule has 0 fully saturated rings. The number of aromatic amines is 1. The lowest BCUT2D eigenvalue weighted by molar-refractivity contribution is 0.0947. The number of aromatic nitrogens is 2. The molecule has 2 N–H and O–H groups in total. The van der Waals surface area contributed by atoms with Gasteiger partial charge in [0.25, 0.3) is 5.91 Å². The fourth-order valence-corrected chi connectivity index (χ4v) is 3.44. The molecule has 0 unspecified atom stereocenters. The molecule has 0 aliphatic carbocycles. The van der Waals surface area contributed by atoms with E-state index in [1.807, 2.05) is 18.2 Å². The smallest absolute Gasteiger partial charge is 0.251 e. The molecule has 2 aromatic carbocycles. The van der Waals surface area contributed by atoms with Crippen LogP contribution in [-0.2, 0) is 13.0 Å². The maximum absolute atomic E-state index is 13.6. The molecule has 0 radical (unpaired) electrons. The van der Waals surface area contributed by atoms with Crippen molar-refractivity contribution in [3.63, 3.8) is 0 Å². The number of carbonyl (C=O) groups is 1. The Bertz CT molecular complexity index is 987. The highest BCUT2D eigenvalue weighted by atomic mass is 19.2. The Morgan fingerprint density at radius 3 is 2.75 bits per heavy atom. The summed E-state index contributed by atoms with van der Waals surface area (Å²) in [5.41, 5.74) is 3.84. The van der Waals surface area contributed by atoms with E-state index in [-0.39, 0.29) is 5.91 Å². The molecule has 1 aromatic heterocycles. The number of fused-ring (bicyclic) bond motifs is 1. The van der Waals surface area contributed by atoms with Crippen molar-refractivity contribution in [2.45, 2.75) is 13.0 Å². The van der Waals surface area contributed by atoms with Gasteiger partial charge in [0.05, 0.1) is 5.69 Å². The van der Waals surface area contributed by atoms with Crippen LogP contribution in [0.1, 0.15) is 21.6 Å². The molecule has 1 aliphatic rings. The van der Waals surface area contributed by atoms with E-state index in [4.69, 9.17) is 0 Å². The predicted octanol–water partition coefficient (Wildman–Crippen LogP) is 3.14. The van der Waals surface area contributed by atoms with Gasteiger partial charge in [0, 0.05) is 55.0 Å². The van der Waals surface area contributed by atoms with Crippen LogP contribution in [0.15, 0.2) is 48.5 Å². The monoisotopic (exact) mass is 382 g/mol. The van der Waals surface area contributed by atoms with E-state index in [1.54, 1.807) is 12.1 Å². The van der Waals surface area contributed by atoms with Crippen molar-refractivity contribution >= 4 is 5.91 Å². The van der Waals surface area contributed by atoms with E-state index >= 15 is 0 Å². The molecular formula is C21H20F2N4O. The van der Waals surface area contributed by atoms with Gasteiger partial charge in [0.1, 0.15) is 0 Å². The molecule has 28 heavy (non-hydrogen) atoms. The fraction of sp³-hybridized carbons (Fsp3) is 0.238. The molecule has 0 atom stereocenters. The van der Waals surface area contributed by atoms with Crippen LogP contribution in [-0.4, -0.2) is 40.6 Å². The summed E-state index contributed by atoms with van der Waals surface area (Å²) in [6.07, 6.45) is 0.790. The van der Waals surface area contributed by atoms with E-state index in [9.17, 15) is 13.6 Å². The Morgan fingerprint density at radius 1 is 1.14 bits per heavy atom. The summed E-state index contributed by atoms with van der Waals surface area (Å²) in [6.45, 7) is 2.71. The van der Waals surface area contributed by atoms with E-state index in [0.717, 1.165) is 30.3 Å². The lowest BCUT2D eigenvalue weighted by Gasteiger charge is -2.27. The summed E-state index contributed by atoms with van der Waals surface area (Å²) >= 11 is 0. The third kappa shape index (κ3) is 3.80. The third-order valence-corrected chi connectivity index (χ3v) is 4.96. The van der Waals surface area contributed by atoms with Gasteiger partial charge in [-0.15, -0.1) is 0 Å². The number of nitrogens with zero attached hydrogens (tertiary/aromatic N) is 2. The molecule has 4 rings (SSSR count). The van der Waals surface area contributed by atoms with Gasteiger partial charge in [-0.1, -0.05) is 18.2 Å². The summed E-state index contributed by atoms with van der Waals surface area (Å²) < 4.78 is 26.8. The molecule has 1 amide bonds. The molecular weight excluding hydrogens is 362 g/mol. The minimum Gasteiger partial charge on any atom is -0.351 e. The zero-order valence-corrected chi connectivity index (χ0v) is 15.2. The third-order valence-electron chi connectivity index (χ3n) is 4.96. The Balaban J connectivity index is 1.40. The van der Waals surface area contributed by atoms with Crippen LogP contribution in [0.2, 0.25) is 0 Å². The van der Waals surface area contributed by atoms with Gasteiger partial charge >= 0.3 is 0 Å². The number of carbonyl (C=O) groups excluding carboxylic acids is 1. The Morgan fingerprint density at radius 2 is 1.96 bits per heavy atom. The highest BCUT2D eigenvalue weighted by Gasteiger charge is 2.23. The van der Waals surface area contributed by atoms with Crippen molar-refractivity contribution in [1.82, 2.24) is 20.4 Å². The fourth-order valence-electron chi connectivity index (χ4n) is 3.44. The summed E-state index contributed by atoms with van der Waals surface area (Å²) in [5.74, 6) is -1.85. The van der Waals surface area contributed by atoms with Crippen LogP contribution in [0.4, 0.5) is 8.78 Å². The quantitative estimate of drug-likeness (QED) is 0.713. The maximum Gasteiger partial charge on any atom is 0.251 e. The van der Waals surface area contributed by atoms with Gasteiger partial charge in [-0.25, -0.2) is 8.78 Å². The average Bonchev–Trinajstić information content (AvgIpc) is 3.14. The lowest BCUT2D eigenvalue weighted by atomic mass is 10.0. The number of hydrogen-bond acceptors (Lipinski definition) is 3. The molecule has 0 saturated heterocycles. The van der Waals surface area contributed by atoms with E-state index < -0.39 is 11.6 Å². The van der Waals surface area contributed by atoms with Gasteiger partial charge in [-0.2, -0.15) is 5.10 Å². The standard InChI is InChI=1S/C21H20F2N4O/c22-17-7-6-15(12-18(17)23)20-16-13-27(10-8-19(16)25-26-20)11-9-24-21(28)14-4-2-1-3-5-14/h1-7,12H,8-11,13H2,(H,24,28)(H,25,26). The van der Waals surface area contributed by atoms with Gasteiger partial charge in [-0.3, -0.25) is 14.8 Å². The second-order valence-corrected chi connectivity index (χ2v) is 6.81. The van der Waals surface area contributed by atoms with Crippen LogP contribution in [0.3, 0.4) is 0 Å². The predicted molar refractivity (Wildman–Crippen MR) is 102 cm³/mol. The number of nitrogens with one attached hydrogen (secondary N) is 2. The summed E-state index contributed by atoms with van der Waals surface area (Å²) in [4.78, 5) is 14.3. The molecule has 1 aliphatic heterocycles. The summed E-state index contributed by atoms with van der Waals surface area (Å²) in [6, 6.07) is 12.9. The first-order chi connectivity index (χ1) is 13.6. The molecule has 7 heteroatoms. The molecule has 5 nitrogen and oxygen atoms in total. The highest BCUT2D eigenvalue weighted by molar-refractivity contribution is 5.94. The SMILES string of the molecule is O=C(NCCN1CCc2[nH]nc(-c3ccc(F)c(F)c3)c2C1)c1ccccc1. The van der Waals surface area contributed by atoms with Gasteiger partial charge in [0.15, 0.2) is 11.6 Å². The molecule has 0 spiro atoms. The first kappa shape index (κ1) is 18.3. The van der Waals surface area contributed by atoms with Crippen LogP contribution < -0.4 is 5.32 Å². The average molecular weight is 382 g/mol. The van der Waals surface area contributed by atoms with Crippen LogP contribution in [0, 0.1) is 11.6 Å². The zero-order valence-electron chi connectivity index (χ0n) is 15.2. The normalized spacial score (nSPS) is 13.9. The Labute approximate surface area is 161 Å². The van der Waals surface area contributed by atoms with Gasteiger partial charge in [0.2, 0.25) is 0 Å². The van der Waals surface area contributed by atoms with Gasteiger partial charge in [-0.05, 0) is 30.3 Å². The lowest BCUT2D eigenvalue weighted by Crippen LogP contribution is -2.37. The van der Waals surface area contributed by atoms with Crippen molar-refractivity contribution in [2.75, 3.05) is 19.6 Å². The molecule has 2 heterocycles. The van der Waals surface area contributed by atoms with Gasteiger partial charge < -0.3 is 5.32 Å². The number of halogens is 2. The second kappa shape index (κ2) is 7.90. The minimum absolute atomic E-state index is 0.0934. The minimum atomic E-state index is -0.884. The number of amides is 1. The van der Waals surface area contributed by atoms with Crippen LogP contribution >= 0.6 is 0 Å². The van der Waals surface area contributed by atoms with Crippen LogP contribution in [0.5, 0.6) is 0 Å². The maximum atomic E-state index is 13.6. The number of hydrogen-bond donors (Lipinski definition) is 2. The zero-order chi connectivity index (χ0) is 19.5. The molecule has 0 saturated carbocycles. The first-order valence-electron chi connectivity index (χ1n) is 9.19. The summed E-state index contributed by atoms with van der Waals surface area (Å²) in [7, 11) is 0. The van der Waals surface area contributed by atoms with Crippen molar-refractivity contribution in [3.05, 3.63) is 77.0 Å². The molecule has 3 aromatic rings. The first-order valence-corrected chi connectivity index (χ1v) is 9.19. The highest BCUT2D eigenvalue weighted by Crippen LogP contribution is 2.29. The van der Waals surface area contributed by atoms with Crippen LogP contribution in [0.25, 0.3) is 11.3 Å². The van der Waals surface area contributed by atoms with Crippen molar-refractivity contribution < 1.29 is 13.6 Å². The van der Waals surface area contributed by atoms with Crippen molar-refractivity contribution in [3.8, 4) is 11.3 Å². The Kier molecular flexibility index (Phi) is 5.16. The Hall–Kier alpha value is -3.06. The van der Waals surface area contributed by atoms with Crippen molar-refractivity contribution in [1.29, 1.82) is 0 Å². The second-order valence-electron chi connectivity index (χ2n) is 6.81. The summed E-state index contributed by atoms with van der Waals surface area (Å²) in [5, 5.41) is 10.3. The molecule has 0 bridgehead atoms. The topological polar surface area (TPSA) is 61.0 Å². The molecule has 144 valence electrons. The van der Waals surface area contributed by atoms with E-state index in [0.29, 0.717) is 36.5 Å². The van der Waals surface area contributed by atoms with E-state index in [2.05, 4.69) is 20.4 Å². The van der Waals surface area contributed by atoms with E-state index in [1.165, 1.54) is 12.1 Å². The number of benzene rings is 2. The van der Waals surface area contributed by atoms with Crippen molar-refractivity contribution in [2.24, 2.45) is 0 Å². The number of rotatable bonds is 5.